The number of carboxylic acid groups (broad SMARTS) is 1. The summed E-state index contributed by atoms with van der Waals surface area (Å²) >= 11 is 0.996. The number of benzene rings is 2. The van der Waals surface area contributed by atoms with Crippen molar-refractivity contribution in [2.45, 2.75) is 44.7 Å². The topological polar surface area (TPSA) is 118 Å². The van der Waals surface area contributed by atoms with E-state index in [1.165, 1.54) is 6.20 Å². The Morgan fingerprint density at radius 3 is 2.17 bits per heavy atom. The minimum Gasteiger partial charge on any atom is -0.477 e. The lowest BCUT2D eigenvalue weighted by molar-refractivity contribution is -0.128. The molecular weight excluding hydrogens is 466 g/mol. The molecule has 35 heavy (non-hydrogen) atoms. The zero-order valence-electron chi connectivity index (χ0n) is 19.5. The zero-order valence-corrected chi connectivity index (χ0v) is 20.4. The fraction of sp³-hybridized carbons (Fsp3) is 0.308. The van der Waals surface area contributed by atoms with Gasteiger partial charge in [0.25, 0.3) is 0 Å². The van der Waals surface area contributed by atoms with Crippen LogP contribution in [0, 0.1) is 0 Å². The van der Waals surface area contributed by atoms with E-state index >= 15 is 0 Å². The van der Waals surface area contributed by atoms with Crippen LogP contribution in [0.2, 0.25) is 0 Å². The molecule has 0 fully saturated rings. The Hall–Kier alpha value is -3.72. The van der Waals surface area contributed by atoms with Gasteiger partial charge in [0.2, 0.25) is 5.91 Å². The van der Waals surface area contributed by atoms with Gasteiger partial charge in [-0.1, -0.05) is 62.4 Å². The van der Waals surface area contributed by atoms with Crippen LogP contribution in [0.5, 0.6) is 0 Å². The number of hydrogen-bond donors (Lipinski definition) is 3. The Bertz CT molecular complexity index is 1210. The number of nitrogens with zero attached hydrogens (tertiary/aromatic N) is 1. The average Bonchev–Trinajstić information content (AvgIpc) is 3.48. The van der Waals surface area contributed by atoms with Gasteiger partial charge in [-0.05, 0) is 35.1 Å². The number of alkyl carbamates (subject to hydrolysis) is 1. The van der Waals surface area contributed by atoms with E-state index in [9.17, 15) is 14.4 Å². The number of carboxylic acids is 1. The zero-order chi connectivity index (χ0) is 25.0. The summed E-state index contributed by atoms with van der Waals surface area (Å²) in [5, 5.41) is 15.1. The van der Waals surface area contributed by atoms with Crippen LogP contribution < -0.4 is 10.6 Å². The Morgan fingerprint density at radius 1 is 1.03 bits per heavy atom. The molecule has 4 rings (SSSR count). The molecule has 1 aromatic heterocycles. The van der Waals surface area contributed by atoms with Crippen LogP contribution in [0.4, 0.5) is 4.79 Å². The predicted molar refractivity (Wildman–Crippen MR) is 132 cm³/mol. The van der Waals surface area contributed by atoms with Crippen molar-refractivity contribution < 1.29 is 24.2 Å². The molecule has 8 nitrogen and oxygen atoms in total. The summed E-state index contributed by atoms with van der Waals surface area (Å²) in [5.74, 6) is -1.51. The van der Waals surface area contributed by atoms with Gasteiger partial charge in [0.05, 0.1) is 12.7 Å². The monoisotopic (exact) mass is 493 g/mol. The van der Waals surface area contributed by atoms with E-state index in [4.69, 9.17) is 9.84 Å². The minimum absolute atomic E-state index is 0.0743. The summed E-state index contributed by atoms with van der Waals surface area (Å²) < 4.78 is 5.64. The highest BCUT2D eigenvalue weighted by Crippen LogP contribution is 2.44. The van der Waals surface area contributed by atoms with Crippen molar-refractivity contribution in [1.82, 2.24) is 15.6 Å². The Morgan fingerprint density at radius 2 is 1.63 bits per heavy atom. The molecule has 0 bridgehead atoms. The van der Waals surface area contributed by atoms with E-state index in [1.54, 1.807) is 0 Å². The molecule has 0 atom stereocenters. The van der Waals surface area contributed by atoms with Crippen LogP contribution in [0.3, 0.4) is 0 Å². The van der Waals surface area contributed by atoms with Crippen LogP contribution >= 0.6 is 11.3 Å². The molecule has 182 valence electrons. The van der Waals surface area contributed by atoms with Crippen molar-refractivity contribution in [3.8, 4) is 11.1 Å². The second-order valence-corrected chi connectivity index (χ2v) is 9.46. The molecule has 1 aliphatic rings. The lowest BCUT2D eigenvalue weighted by atomic mass is 9.92. The molecule has 3 N–H and O–H groups in total. The van der Waals surface area contributed by atoms with Gasteiger partial charge in [-0.15, -0.1) is 11.3 Å². The van der Waals surface area contributed by atoms with Crippen molar-refractivity contribution in [2.24, 2.45) is 0 Å². The highest BCUT2D eigenvalue weighted by molar-refractivity contribution is 7.13. The number of nitrogens with one attached hydrogen (secondary N) is 2. The van der Waals surface area contributed by atoms with E-state index in [0.29, 0.717) is 17.8 Å². The van der Waals surface area contributed by atoms with E-state index in [2.05, 4.69) is 27.8 Å². The smallest absolute Gasteiger partial charge is 0.408 e. The maximum Gasteiger partial charge on any atom is 0.408 e. The fourth-order valence-electron chi connectivity index (χ4n) is 4.45. The summed E-state index contributed by atoms with van der Waals surface area (Å²) in [6.07, 6.45) is 1.32. The van der Waals surface area contributed by atoms with Crippen LogP contribution in [-0.2, 0) is 16.1 Å². The molecule has 2 amide bonds. The molecule has 0 spiro atoms. The summed E-state index contributed by atoms with van der Waals surface area (Å²) in [5.41, 5.74) is 3.35. The van der Waals surface area contributed by atoms with Crippen LogP contribution in [0.15, 0.2) is 54.7 Å². The van der Waals surface area contributed by atoms with Crippen molar-refractivity contribution in [3.05, 3.63) is 75.7 Å². The molecule has 0 radical (unpaired) electrons. The number of carbonyl (C=O) groups is 3. The third-order valence-electron chi connectivity index (χ3n) is 6.49. The van der Waals surface area contributed by atoms with Gasteiger partial charge in [-0.2, -0.15) is 0 Å². The summed E-state index contributed by atoms with van der Waals surface area (Å²) in [6, 6.07) is 16.2. The summed E-state index contributed by atoms with van der Waals surface area (Å²) in [6.45, 7) is 3.87. The first-order valence-electron chi connectivity index (χ1n) is 11.5. The fourth-order valence-corrected chi connectivity index (χ4v) is 5.15. The lowest BCUT2D eigenvalue weighted by Crippen LogP contribution is -2.58. The van der Waals surface area contributed by atoms with Crippen LogP contribution in [0.25, 0.3) is 11.1 Å². The highest BCUT2D eigenvalue weighted by Gasteiger charge is 2.37. The number of ether oxygens (including phenoxy) is 1. The molecular formula is C26H27N3O5S. The van der Waals surface area contributed by atoms with Gasteiger partial charge >= 0.3 is 12.1 Å². The van der Waals surface area contributed by atoms with Gasteiger partial charge in [0, 0.05) is 5.92 Å². The molecule has 9 heteroatoms. The first-order chi connectivity index (χ1) is 16.9. The quantitative estimate of drug-likeness (QED) is 0.402. The number of thiazole rings is 1. The van der Waals surface area contributed by atoms with Gasteiger partial charge in [0.1, 0.15) is 22.0 Å². The van der Waals surface area contributed by atoms with Crippen molar-refractivity contribution in [1.29, 1.82) is 0 Å². The molecule has 2 aromatic carbocycles. The number of aromatic carboxylic acids is 1. The van der Waals surface area contributed by atoms with E-state index in [-0.39, 0.29) is 29.9 Å². The van der Waals surface area contributed by atoms with Gasteiger partial charge in [-0.25, -0.2) is 14.6 Å². The largest absolute Gasteiger partial charge is 0.477 e. The normalized spacial score (nSPS) is 12.5. The Balaban J connectivity index is 1.40. The number of rotatable bonds is 9. The van der Waals surface area contributed by atoms with E-state index in [0.717, 1.165) is 33.6 Å². The lowest BCUT2D eigenvalue weighted by Gasteiger charge is -2.31. The van der Waals surface area contributed by atoms with Gasteiger partial charge < -0.3 is 20.5 Å². The standard InChI is InChI=1S/C26H27N3O5S/c1-3-26(4-2,24(32)28-14-22-27-13-21(35-22)23(30)31)29-25(33)34-15-20-18-11-7-5-9-16(18)17-10-6-8-12-19(17)20/h5-13,20H,3-4,14-15H2,1-2H3,(H,28,32)(H,29,33)(H,30,31). The molecule has 0 saturated carbocycles. The van der Waals surface area contributed by atoms with Crippen LogP contribution in [-0.4, -0.2) is 40.2 Å². The summed E-state index contributed by atoms with van der Waals surface area (Å²) in [4.78, 5) is 41.0. The third-order valence-corrected chi connectivity index (χ3v) is 7.48. The third kappa shape index (κ3) is 4.90. The van der Waals surface area contributed by atoms with Crippen molar-refractivity contribution >= 4 is 29.3 Å². The summed E-state index contributed by atoms with van der Waals surface area (Å²) in [7, 11) is 0. The second kappa shape index (κ2) is 10.3. The molecule has 1 aliphatic carbocycles. The van der Waals surface area contributed by atoms with Gasteiger partial charge in [0.15, 0.2) is 0 Å². The SMILES string of the molecule is CCC(CC)(NC(=O)OCC1c2ccccc2-c2ccccc21)C(=O)NCc1ncc(C(=O)O)s1. The van der Waals surface area contributed by atoms with Crippen LogP contribution in [0.1, 0.15) is 58.4 Å². The average molecular weight is 494 g/mol. The Labute approximate surface area is 207 Å². The predicted octanol–water partition coefficient (Wildman–Crippen LogP) is 4.56. The highest BCUT2D eigenvalue weighted by atomic mass is 32.1. The molecule has 3 aromatic rings. The number of hydrogen-bond acceptors (Lipinski definition) is 6. The molecule has 0 aliphatic heterocycles. The number of aromatic nitrogens is 1. The Kier molecular flexibility index (Phi) is 7.16. The maximum absolute atomic E-state index is 13.0. The van der Waals surface area contributed by atoms with E-state index in [1.807, 2.05) is 50.2 Å². The molecule has 0 unspecified atom stereocenters. The van der Waals surface area contributed by atoms with E-state index < -0.39 is 17.6 Å². The minimum atomic E-state index is -1.16. The molecule has 1 heterocycles. The second-order valence-electron chi connectivity index (χ2n) is 8.35. The first-order valence-corrected chi connectivity index (χ1v) is 12.3. The number of amides is 2. The van der Waals surface area contributed by atoms with Gasteiger partial charge in [-0.3, -0.25) is 4.79 Å². The molecule has 0 saturated heterocycles. The first kappa shape index (κ1) is 24.4. The number of fused-ring (bicyclic) bond motifs is 3. The maximum atomic E-state index is 13.0. The van der Waals surface area contributed by atoms with Crippen molar-refractivity contribution in [2.75, 3.05) is 6.61 Å². The van der Waals surface area contributed by atoms with Crippen molar-refractivity contribution in [3.63, 3.8) is 0 Å². The number of carbonyl (C=O) groups excluding carboxylic acids is 2.